The number of hydrogen-bond donors (Lipinski definition) is 1. The number of carboxylic acid groups (broad SMARTS) is 1. The van der Waals surface area contributed by atoms with E-state index in [1.54, 1.807) is 14.0 Å². The van der Waals surface area contributed by atoms with Crippen molar-refractivity contribution in [1.29, 1.82) is 0 Å². The fourth-order valence-corrected chi connectivity index (χ4v) is 1.84. The van der Waals surface area contributed by atoms with Crippen LogP contribution in [-0.2, 0) is 19.1 Å². The fraction of sp³-hybridized carbons (Fsp3) is 0.833. The lowest BCUT2D eigenvalue weighted by Crippen LogP contribution is -2.41. The summed E-state index contributed by atoms with van der Waals surface area (Å²) in [6, 6.07) is 0. The van der Waals surface area contributed by atoms with E-state index in [9.17, 15) is 14.7 Å². The van der Waals surface area contributed by atoms with Gasteiger partial charge in [0.2, 0.25) is 0 Å². The smallest absolute Gasteiger partial charge is 0.323 e. The molecule has 0 aliphatic rings. The Hall–Kier alpha value is -1.10. The molecule has 1 atom stereocenters. The average molecular weight is 246 g/mol. The highest BCUT2D eigenvalue weighted by Gasteiger charge is 2.46. The molecule has 5 heteroatoms. The van der Waals surface area contributed by atoms with Crippen LogP contribution in [0.5, 0.6) is 0 Å². The van der Waals surface area contributed by atoms with Crippen LogP contribution in [0.4, 0.5) is 0 Å². The number of ether oxygens (including phenoxy) is 2. The van der Waals surface area contributed by atoms with E-state index in [0.717, 1.165) is 0 Å². The lowest BCUT2D eigenvalue weighted by molar-refractivity contribution is -0.170. The Bertz CT molecular complexity index is 251. The molecular formula is C12H22O5. The molecule has 0 fully saturated rings. The van der Waals surface area contributed by atoms with Gasteiger partial charge >= 0.3 is 11.9 Å². The molecule has 0 aromatic carbocycles. The molecule has 0 aliphatic heterocycles. The minimum Gasteiger partial charge on any atom is -0.480 e. The summed E-state index contributed by atoms with van der Waals surface area (Å²) in [7, 11) is 1.55. The summed E-state index contributed by atoms with van der Waals surface area (Å²) >= 11 is 0. The molecule has 0 rings (SSSR count). The molecule has 17 heavy (non-hydrogen) atoms. The zero-order chi connectivity index (χ0) is 13.3. The molecule has 5 nitrogen and oxygen atoms in total. The van der Waals surface area contributed by atoms with Crippen molar-refractivity contribution in [2.75, 3.05) is 20.3 Å². The number of rotatable bonds is 9. The van der Waals surface area contributed by atoms with Crippen LogP contribution in [0.2, 0.25) is 0 Å². The molecule has 0 saturated heterocycles. The topological polar surface area (TPSA) is 72.8 Å². The van der Waals surface area contributed by atoms with Gasteiger partial charge in [-0.2, -0.15) is 0 Å². The third-order valence-electron chi connectivity index (χ3n) is 2.70. The number of carbonyl (C=O) groups excluding carboxylic acids is 1. The quantitative estimate of drug-likeness (QED) is 0.382. The van der Waals surface area contributed by atoms with E-state index in [1.165, 1.54) is 0 Å². The van der Waals surface area contributed by atoms with Gasteiger partial charge in [-0.1, -0.05) is 13.3 Å². The SMILES string of the molecule is CCCC(CCCOC)(C(=O)O)C(=O)OCC. The second-order valence-electron chi connectivity index (χ2n) is 3.95. The maximum Gasteiger partial charge on any atom is 0.323 e. The maximum absolute atomic E-state index is 11.8. The predicted octanol–water partition coefficient (Wildman–Crippen LogP) is 1.85. The zero-order valence-corrected chi connectivity index (χ0v) is 10.8. The molecule has 100 valence electrons. The normalized spacial score (nSPS) is 14.1. The number of esters is 1. The Morgan fingerprint density at radius 3 is 2.29 bits per heavy atom. The van der Waals surface area contributed by atoms with Gasteiger partial charge < -0.3 is 14.6 Å². The van der Waals surface area contributed by atoms with Crippen molar-refractivity contribution < 1.29 is 24.2 Å². The summed E-state index contributed by atoms with van der Waals surface area (Å²) in [5, 5.41) is 9.31. The summed E-state index contributed by atoms with van der Waals surface area (Å²) in [5.74, 6) is -1.74. The Labute approximate surface area is 102 Å². The molecule has 0 bridgehead atoms. The largest absolute Gasteiger partial charge is 0.480 e. The summed E-state index contributed by atoms with van der Waals surface area (Å²) in [6.45, 7) is 4.17. The van der Waals surface area contributed by atoms with Crippen molar-refractivity contribution in [3.63, 3.8) is 0 Å². The van der Waals surface area contributed by atoms with Gasteiger partial charge in [0.1, 0.15) is 0 Å². The number of hydrogen-bond acceptors (Lipinski definition) is 4. The van der Waals surface area contributed by atoms with Crippen molar-refractivity contribution >= 4 is 11.9 Å². The van der Waals surface area contributed by atoms with E-state index in [2.05, 4.69) is 0 Å². The van der Waals surface area contributed by atoms with Crippen molar-refractivity contribution in [1.82, 2.24) is 0 Å². The summed E-state index contributed by atoms with van der Waals surface area (Å²) < 4.78 is 9.78. The second-order valence-corrected chi connectivity index (χ2v) is 3.95. The molecule has 0 saturated carbocycles. The Morgan fingerprint density at radius 1 is 1.24 bits per heavy atom. The molecule has 0 aliphatic carbocycles. The molecule has 0 spiro atoms. The van der Waals surface area contributed by atoms with Gasteiger partial charge in [0.25, 0.3) is 0 Å². The van der Waals surface area contributed by atoms with Crippen LogP contribution in [0, 0.1) is 5.41 Å². The lowest BCUT2D eigenvalue weighted by atomic mass is 9.79. The standard InChI is InChI=1S/C12H22O5/c1-4-7-12(10(13)14,8-6-9-16-3)11(15)17-5-2/h4-9H2,1-3H3,(H,13,14). The van der Waals surface area contributed by atoms with Gasteiger partial charge in [0.15, 0.2) is 5.41 Å². The summed E-state index contributed by atoms with van der Waals surface area (Å²) in [6.07, 6.45) is 1.70. The van der Waals surface area contributed by atoms with E-state index in [-0.39, 0.29) is 13.0 Å². The lowest BCUT2D eigenvalue weighted by Gasteiger charge is -2.26. The van der Waals surface area contributed by atoms with E-state index < -0.39 is 17.4 Å². The Kier molecular flexibility index (Phi) is 7.54. The first-order valence-electron chi connectivity index (χ1n) is 5.94. The molecular weight excluding hydrogens is 224 g/mol. The minimum absolute atomic E-state index is 0.196. The van der Waals surface area contributed by atoms with Crippen molar-refractivity contribution in [2.24, 2.45) is 5.41 Å². The molecule has 1 unspecified atom stereocenters. The number of carbonyl (C=O) groups is 2. The highest BCUT2D eigenvalue weighted by molar-refractivity contribution is 5.99. The average Bonchev–Trinajstić information content (AvgIpc) is 2.28. The molecule has 0 aromatic rings. The fourth-order valence-electron chi connectivity index (χ4n) is 1.84. The zero-order valence-electron chi connectivity index (χ0n) is 10.8. The van der Waals surface area contributed by atoms with Crippen LogP contribution in [0.25, 0.3) is 0 Å². The van der Waals surface area contributed by atoms with Gasteiger partial charge in [0, 0.05) is 13.7 Å². The van der Waals surface area contributed by atoms with E-state index in [4.69, 9.17) is 9.47 Å². The van der Waals surface area contributed by atoms with E-state index in [1.807, 2.05) is 6.92 Å². The Morgan fingerprint density at radius 2 is 1.88 bits per heavy atom. The van der Waals surface area contributed by atoms with Gasteiger partial charge in [-0.25, -0.2) is 0 Å². The number of methoxy groups -OCH3 is 1. The molecule has 0 heterocycles. The summed E-state index contributed by atoms with van der Waals surface area (Å²) in [5.41, 5.74) is -1.41. The van der Waals surface area contributed by atoms with E-state index >= 15 is 0 Å². The van der Waals surface area contributed by atoms with Crippen molar-refractivity contribution in [3.05, 3.63) is 0 Å². The van der Waals surface area contributed by atoms with Crippen LogP contribution in [0.15, 0.2) is 0 Å². The van der Waals surface area contributed by atoms with Crippen LogP contribution >= 0.6 is 0 Å². The van der Waals surface area contributed by atoms with Gasteiger partial charge in [-0.3, -0.25) is 9.59 Å². The van der Waals surface area contributed by atoms with Gasteiger partial charge in [0.05, 0.1) is 6.61 Å². The first-order valence-corrected chi connectivity index (χ1v) is 5.94. The van der Waals surface area contributed by atoms with Crippen LogP contribution in [0.3, 0.4) is 0 Å². The van der Waals surface area contributed by atoms with Crippen molar-refractivity contribution in [3.8, 4) is 0 Å². The second kappa shape index (κ2) is 8.06. The van der Waals surface area contributed by atoms with Crippen LogP contribution in [-0.4, -0.2) is 37.4 Å². The molecule has 0 amide bonds. The number of aliphatic carboxylic acids is 1. The molecule has 1 N–H and O–H groups in total. The first-order chi connectivity index (χ1) is 8.05. The van der Waals surface area contributed by atoms with Gasteiger partial charge in [-0.15, -0.1) is 0 Å². The predicted molar refractivity (Wildman–Crippen MR) is 62.7 cm³/mol. The van der Waals surface area contributed by atoms with Crippen molar-refractivity contribution in [2.45, 2.75) is 39.5 Å². The van der Waals surface area contributed by atoms with Gasteiger partial charge in [-0.05, 0) is 26.2 Å². The van der Waals surface area contributed by atoms with Crippen LogP contribution in [0.1, 0.15) is 39.5 Å². The molecule has 0 radical (unpaired) electrons. The monoisotopic (exact) mass is 246 g/mol. The van der Waals surface area contributed by atoms with E-state index in [0.29, 0.717) is 25.9 Å². The third kappa shape index (κ3) is 4.34. The third-order valence-corrected chi connectivity index (χ3v) is 2.70. The first kappa shape index (κ1) is 15.9. The van der Waals surface area contributed by atoms with Crippen LogP contribution < -0.4 is 0 Å². The highest BCUT2D eigenvalue weighted by Crippen LogP contribution is 2.32. The maximum atomic E-state index is 11.8. The summed E-state index contributed by atoms with van der Waals surface area (Å²) in [4.78, 5) is 23.2. The minimum atomic E-state index is -1.41. The Balaban J connectivity index is 4.84. The highest BCUT2D eigenvalue weighted by atomic mass is 16.5. The number of carboxylic acids is 1. The molecule has 0 aromatic heterocycles.